The number of hydrogen-bond acceptors (Lipinski definition) is 6. The second-order valence-electron chi connectivity index (χ2n) is 8.45. The molecule has 1 aliphatic rings. The zero-order valence-corrected chi connectivity index (χ0v) is 16.3. The number of fused-ring (bicyclic) bond motifs is 1. The lowest BCUT2D eigenvalue weighted by molar-refractivity contribution is 0.00578. The van der Waals surface area contributed by atoms with Crippen LogP contribution in [0.3, 0.4) is 0 Å². The van der Waals surface area contributed by atoms with E-state index in [2.05, 4.69) is 20.5 Å². The first-order chi connectivity index (χ1) is 11.9. The van der Waals surface area contributed by atoms with Crippen LogP contribution in [0.4, 0.5) is 10.6 Å². The maximum atomic E-state index is 12.0. The molecule has 1 fully saturated rings. The summed E-state index contributed by atoms with van der Waals surface area (Å²) in [6.07, 6.45) is 1.10. The van der Waals surface area contributed by atoms with Crippen molar-refractivity contribution in [2.45, 2.75) is 65.3 Å². The molecule has 0 unspecified atom stereocenters. The molecule has 0 aromatic carbocycles. The zero-order valence-electron chi connectivity index (χ0n) is 16.3. The van der Waals surface area contributed by atoms with E-state index in [1.54, 1.807) is 27.0 Å². The fraction of sp³-hybridized carbons (Fsp3) is 0.588. The van der Waals surface area contributed by atoms with Crippen molar-refractivity contribution in [3.63, 3.8) is 0 Å². The van der Waals surface area contributed by atoms with Gasteiger partial charge in [-0.25, -0.2) is 9.78 Å². The number of hydrogen-bond donors (Lipinski definition) is 2. The van der Waals surface area contributed by atoms with Crippen molar-refractivity contribution in [2.75, 3.05) is 5.32 Å². The van der Waals surface area contributed by atoms with Crippen molar-refractivity contribution < 1.29 is 18.8 Å². The Kier molecular flexibility index (Phi) is 4.27. The number of aromatic nitrogens is 3. The second kappa shape index (κ2) is 5.95. The van der Waals surface area contributed by atoms with E-state index < -0.39 is 30.0 Å². The summed E-state index contributed by atoms with van der Waals surface area (Å²) in [5.41, 5.74) is -0.176. The molecule has 8 nitrogen and oxygen atoms in total. The molecular formula is C17H25BN4O4. The number of carbonyl (C=O) groups excluding carboxylic acids is 1. The van der Waals surface area contributed by atoms with Crippen molar-refractivity contribution >= 4 is 35.5 Å². The number of rotatable bonds is 2. The van der Waals surface area contributed by atoms with E-state index in [1.807, 2.05) is 33.8 Å². The van der Waals surface area contributed by atoms with Crippen molar-refractivity contribution in [2.24, 2.45) is 0 Å². The highest BCUT2D eigenvalue weighted by atomic mass is 16.7. The highest BCUT2D eigenvalue weighted by molar-refractivity contribution is 6.62. The number of ether oxygens (including phenoxy) is 1. The molecule has 1 amide bonds. The first kappa shape index (κ1) is 18.7. The van der Waals surface area contributed by atoms with E-state index >= 15 is 0 Å². The number of nitrogens with one attached hydrogen (secondary N) is 2. The smallest absolute Gasteiger partial charge is 0.444 e. The Labute approximate surface area is 153 Å². The molecule has 0 atom stereocenters. The van der Waals surface area contributed by atoms with Gasteiger partial charge in [-0.1, -0.05) is 0 Å². The summed E-state index contributed by atoms with van der Waals surface area (Å²) in [5, 5.41) is 10.2. The Hall–Kier alpha value is -2.13. The standard InChI is InChI=1S/C17H25BN4O4/c1-15(2,3)24-14(23)20-13-11-8-10(9-19-12(11)21-22-13)18-25-16(4,5)17(6,7)26-18/h8-9H,1-7H3,(H2,19,20,21,22,23). The minimum absolute atomic E-state index is 0.347. The summed E-state index contributed by atoms with van der Waals surface area (Å²) in [7, 11) is -0.541. The quantitative estimate of drug-likeness (QED) is 0.799. The van der Waals surface area contributed by atoms with Gasteiger partial charge >= 0.3 is 13.2 Å². The summed E-state index contributed by atoms with van der Waals surface area (Å²) >= 11 is 0. The summed E-state index contributed by atoms with van der Waals surface area (Å²) in [6.45, 7) is 13.4. The Morgan fingerprint density at radius 3 is 2.42 bits per heavy atom. The molecular weight excluding hydrogens is 335 g/mol. The molecule has 0 bridgehead atoms. The lowest BCUT2D eigenvalue weighted by atomic mass is 9.80. The van der Waals surface area contributed by atoms with E-state index in [1.165, 1.54) is 0 Å². The van der Waals surface area contributed by atoms with Gasteiger partial charge < -0.3 is 14.0 Å². The third-order valence-corrected chi connectivity index (χ3v) is 4.58. The highest BCUT2D eigenvalue weighted by Crippen LogP contribution is 2.36. The second-order valence-corrected chi connectivity index (χ2v) is 8.45. The van der Waals surface area contributed by atoms with Gasteiger partial charge in [-0.05, 0) is 54.5 Å². The lowest BCUT2D eigenvalue weighted by Crippen LogP contribution is -2.41. The Morgan fingerprint density at radius 2 is 1.85 bits per heavy atom. The van der Waals surface area contributed by atoms with E-state index in [-0.39, 0.29) is 0 Å². The van der Waals surface area contributed by atoms with Crippen LogP contribution < -0.4 is 10.8 Å². The maximum absolute atomic E-state index is 12.0. The van der Waals surface area contributed by atoms with E-state index in [4.69, 9.17) is 14.0 Å². The number of nitrogens with zero attached hydrogens (tertiary/aromatic N) is 2. The molecule has 0 radical (unpaired) electrons. The predicted octanol–water partition coefficient (Wildman–Crippen LogP) is 2.60. The number of anilines is 1. The van der Waals surface area contributed by atoms with Crippen LogP contribution in [-0.4, -0.2) is 45.2 Å². The SMILES string of the molecule is CC(C)(C)OC(=O)Nc1n[nH]c2ncc(B3OC(C)(C)C(C)(C)O3)cc12. The summed E-state index contributed by atoms with van der Waals surface area (Å²) < 4.78 is 17.4. The molecule has 2 aromatic rings. The first-order valence-corrected chi connectivity index (χ1v) is 8.58. The van der Waals surface area contributed by atoms with Crippen molar-refractivity contribution in [1.82, 2.24) is 15.2 Å². The van der Waals surface area contributed by atoms with Crippen LogP contribution in [-0.2, 0) is 14.0 Å². The largest absolute Gasteiger partial charge is 0.496 e. The van der Waals surface area contributed by atoms with Crippen molar-refractivity contribution in [3.05, 3.63) is 12.3 Å². The molecule has 0 aliphatic carbocycles. The van der Waals surface area contributed by atoms with Crippen LogP contribution in [0.15, 0.2) is 12.3 Å². The van der Waals surface area contributed by atoms with Crippen LogP contribution in [0, 0.1) is 0 Å². The molecule has 0 spiro atoms. The van der Waals surface area contributed by atoms with Crippen LogP contribution in [0.25, 0.3) is 11.0 Å². The minimum Gasteiger partial charge on any atom is -0.444 e. The Bertz CT molecular complexity index is 825. The van der Waals surface area contributed by atoms with Gasteiger partial charge in [0.15, 0.2) is 11.5 Å². The summed E-state index contributed by atoms with van der Waals surface area (Å²) in [4.78, 5) is 16.4. The molecule has 1 aliphatic heterocycles. The van der Waals surface area contributed by atoms with Gasteiger partial charge in [0.05, 0.1) is 16.6 Å². The van der Waals surface area contributed by atoms with Crippen molar-refractivity contribution in [1.29, 1.82) is 0 Å². The topological polar surface area (TPSA) is 98.4 Å². The van der Waals surface area contributed by atoms with E-state index in [0.717, 1.165) is 5.46 Å². The van der Waals surface area contributed by atoms with Gasteiger partial charge in [0, 0.05) is 11.7 Å². The number of carbonyl (C=O) groups is 1. The summed E-state index contributed by atoms with van der Waals surface area (Å²) in [5.74, 6) is 0.347. The lowest BCUT2D eigenvalue weighted by Gasteiger charge is -2.32. The minimum atomic E-state index is -0.595. The van der Waals surface area contributed by atoms with Gasteiger partial charge in [-0.2, -0.15) is 5.10 Å². The molecule has 26 heavy (non-hydrogen) atoms. The molecule has 1 saturated heterocycles. The Balaban J connectivity index is 1.86. The number of H-pyrrole nitrogens is 1. The molecule has 9 heteroatoms. The number of amides is 1. The average molecular weight is 360 g/mol. The zero-order chi connectivity index (χ0) is 19.3. The molecule has 140 valence electrons. The molecule has 0 saturated carbocycles. The predicted molar refractivity (Wildman–Crippen MR) is 99.5 cm³/mol. The van der Waals surface area contributed by atoms with Crippen LogP contribution in [0.2, 0.25) is 0 Å². The number of aromatic amines is 1. The fourth-order valence-electron chi connectivity index (χ4n) is 2.52. The van der Waals surface area contributed by atoms with Crippen LogP contribution in [0.5, 0.6) is 0 Å². The fourth-order valence-corrected chi connectivity index (χ4v) is 2.52. The molecule has 2 aromatic heterocycles. The van der Waals surface area contributed by atoms with Crippen LogP contribution in [0.1, 0.15) is 48.5 Å². The highest BCUT2D eigenvalue weighted by Gasteiger charge is 2.51. The van der Waals surface area contributed by atoms with Gasteiger partial charge in [-0.3, -0.25) is 10.4 Å². The van der Waals surface area contributed by atoms with Gasteiger partial charge in [-0.15, -0.1) is 0 Å². The maximum Gasteiger partial charge on any atom is 0.496 e. The first-order valence-electron chi connectivity index (χ1n) is 8.58. The Morgan fingerprint density at radius 1 is 1.23 bits per heavy atom. The van der Waals surface area contributed by atoms with E-state index in [9.17, 15) is 4.79 Å². The molecule has 3 heterocycles. The third kappa shape index (κ3) is 3.54. The van der Waals surface area contributed by atoms with Crippen molar-refractivity contribution in [3.8, 4) is 0 Å². The van der Waals surface area contributed by atoms with Gasteiger partial charge in [0.2, 0.25) is 0 Å². The number of pyridine rings is 1. The third-order valence-electron chi connectivity index (χ3n) is 4.58. The molecule has 3 rings (SSSR count). The van der Waals surface area contributed by atoms with Crippen LogP contribution >= 0.6 is 0 Å². The molecule has 2 N–H and O–H groups in total. The monoisotopic (exact) mass is 360 g/mol. The van der Waals surface area contributed by atoms with Gasteiger partial charge in [0.1, 0.15) is 5.60 Å². The normalized spacial score (nSPS) is 19.0. The summed E-state index contributed by atoms with van der Waals surface area (Å²) in [6, 6.07) is 1.85. The van der Waals surface area contributed by atoms with E-state index in [0.29, 0.717) is 16.9 Å². The average Bonchev–Trinajstić information content (AvgIpc) is 2.95. The van der Waals surface area contributed by atoms with Gasteiger partial charge in [0.25, 0.3) is 0 Å².